The van der Waals surface area contributed by atoms with Crippen LogP contribution in [0.1, 0.15) is 48.8 Å². The lowest BCUT2D eigenvalue weighted by atomic mass is 10.0. The van der Waals surface area contributed by atoms with E-state index in [0.717, 1.165) is 28.2 Å². The Morgan fingerprint density at radius 3 is 2.57 bits per heavy atom. The summed E-state index contributed by atoms with van der Waals surface area (Å²) in [4.78, 5) is 32.8. The van der Waals surface area contributed by atoms with E-state index in [0.29, 0.717) is 29.9 Å². The van der Waals surface area contributed by atoms with E-state index in [1.165, 1.54) is 12.1 Å². The van der Waals surface area contributed by atoms with Crippen LogP contribution in [0.2, 0.25) is 0 Å². The smallest absolute Gasteiger partial charge is 0.258 e. The van der Waals surface area contributed by atoms with Crippen LogP contribution in [-0.4, -0.2) is 26.6 Å². The molecule has 0 saturated carbocycles. The zero-order chi connectivity index (χ0) is 24.7. The molecule has 35 heavy (non-hydrogen) atoms. The molecule has 8 heteroatoms. The van der Waals surface area contributed by atoms with E-state index >= 15 is 0 Å². The van der Waals surface area contributed by atoms with Gasteiger partial charge >= 0.3 is 0 Å². The number of nitrogens with one attached hydrogen (secondary N) is 1. The summed E-state index contributed by atoms with van der Waals surface area (Å²) in [6.45, 7) is 6.28. The van der Waals surface area contributed by atoms with Gasteiger partial charge in [-0.2, -0.15) is 5.10 Å². The van der Waals surface area contributed by atoms with Gasteiger partial charge < -0.3 is 10.2 Å². The molecule has 0 aliphatic carbocycles. The Hall–Kier alpha value is -4.33. The lowest BCUT2D eigenvalue weighted by Crippen LogP contribution is -2.31. The second-order valence-electron chi connectivity index (χ2n) is 8.74. The van der Waals surface area contributed by atoms with Gasteiger partial charge in [-0.05, 0) is 79.9 Å². The summed E-state index contributed by atoms with van der Waals surface area (Å²) in [6, 6.07) is 13.3. The maximum absolute atomic E-state index is 13.8. The van der Waals surface area contributed by atoms with E-state index in [9.17, 15) is 14.0 Å². The summed E-state index contributed by atoms with van der Waals surface area (Å²) in [6.07, 6.45) is 3.43. The largest absolute Gasteiger partial charge is 0.322 e. The zero-order valence-electron chi connectivity index (χ0n) is 19.7. The van der Waals surface area contributed by atoms with Crippen molar-refractivity contribution in [2.45, 2.75) is 33.9 Å². The number of aryl methyl sites for hydroxylation is 3. The minimum absolute atomic E-state index is 0.159. The molecule has 0 spiro atoms. The van der Waals surface area contributed by atoms with Crippen molar-refractivity contribution in [2.24, 2.45) is 0 Å². The predicted octanol–water partition coefficient (Wildman–Crippen LogP) is 4.80. The maximum atomic E-state index is 13.8. The third-order valence-corrected chi connectivity index (χ3v) is 6.32. The number of carbonyl (C=O) groups excluding carboxylic acids is 2. The number of hydrogen-bond acceptors (Lipinski definition) is 4. The van der Waals surface area contributed by atoms with Gasteiger partial charge in [0.1, 0.15) is 5.82 Å². The highest BCUT2D eigenvalue weighted by Crippen LogP contribution is 2.29. The number of pyridine rings is 1. The first-order valence-electron chi connectivity index (χ1n) is 11.3. The summed E-state index contributed by atoms with van der Waals surface area (Å²) in [5.74, 6) is -1.03. The van der Waals surface area contributed by atoms with Crippen molar-refractivity contribution >= 4 is 23.2 Å². The molecule has 0 fully saturated rings. The van der Waals surface area contributed by atoms with Crippen molar-refractivity contribution in [3.8, 4) is 0 Å². The average molecular weight is 470 g/mol. The van der Waals surface area contributed by atoms with E-state index in [2.05, 4.69) is 15.4 Å². The second-order valence-corrected chi connectivity index (χ2v) is 8.74. The van der Waals surface area contributed by atoms with Crippen LogP contribution in [0.25, 0.3) is 0 Å². The quantitative estimate of drug-likeness (QED) is 0.467. The van der Waals surface area contributed by atoms with Gasteiger partial charge in [-0.1, -0.05) is 6.07 Å². The highest BCUT2D eigenvalue weighted by molar-refractivity contribution is 6.09. The van der Waals surface area contributed by atoms with Crippen molar-refractivity contribution < 1.29 is 14.0 Å². The lowest BCUT2D eigenvalue weighted by molar-refractivity contribution is 0.0983. The number of halogens is 1. The molecule has 0 saturated heterocycles. The third-order valence-electron chi connectivity index (χ3n) is 6.32. The number of fused-ring (bicyclic) bond motifs is 2. The SMILES string of the molecule is Cc1cc(C(=O)N2Cc3ccnn3Cc3ncccc32)c(C)cc1NC(=O)c1cc(F)ccc1C. The monoisotopic (exact) mass is 469 g/mol. The second kappa shape index (κ2) is 8.79. The van der Waals surface area contributed by atoms with Gasteiger partial charge in [0.25, 0.3) is 11.8 Å². The minimum Gasteiger partial charge on any atom is -0.322 e. The molecule has 0 unspecified atom stereocenters. The van der Waals surface area contributed by atoms with Crippen LogP contribution in [0.5, 0.6) is 0 Å². The summed E-state index contributed by atoms with van der Waals surface area (Å²) in [5, 5.41) is 7.23. The van der Waals surface area contributed by atoms with Gasteiger partial charge in [-0.3, -0.25) is 19.3 Å². The molecule has 1 N–H and O–H groups in total. The molecule has 2 amide bonds. The number of amides is 2. The van der Waals surface area contributed by atoms with E-state index in [1.807, 2.05) is 36.7 Å². The van der Waals surface area contributed by atoms with Crippen LogP contribution in [0.4, 0.5) is 15.8 Å². The van der Waals surface area contributed by atoms with Gasteiger partial charge in [0, 0.05) is 29.2 Å². The van der Waals surface area contributed by atoms with Crippen LogP contribution in [0.3, 0.4) is 0 Å². The van der Waals surface area contributed by atoms with Crippen molar-refractivity contribution in [1.82, 2.24) is 14.8 Å². The first kappa shape index (κ1) is 22.5. The molecule has 5 rings (SSSR count). The van der Waals surface area contributed by atoms with Crippen LogP contribution >= 0.6 is 0 Å². The summed E-state index contributed by atoms with van der Waals surface area (Å²) in [5.41, 5.74) is 5.94. The van der Waals surface area contributed by atoms with Crippen LogP contribution in [0.15, 0.2) is 60.9 Å². The Morgan fingerprint density at radius 1 is 0.914 bits per heavy atom. The fraction of sp³-hybridized carbons (Fsp3) is 0.185. The Morgan fingerprint density at radius 2 is 1.74 bits per heavy atom. The van der Waals surface area contributed by atoms with Gasteiger partial charge in [-0.25, -0.2) is 4.39 Å². The van der Waals surface area contributed by atoms with E-state index in [-0.39, 0.29) is 11.5 Å². The highest BCUT2D eigenvalue weighted by atomic mass is 19.1. The molecule has 0 atom stereocenters. The van der Waals surface area contributed by atoms with Crippen molar-refractivity contribution in [2.75, 3.05) is 10.2 Å². The molecule has 7 nitrogen and oxygen atoms in total. The van der Waals surface area contributed by atoms with E-state index in [4.69, 9.17) is 0 Å². The first-order valence-corrected chi connectivity index (χ1v) is 11.3. The van der Waals surface area contributed by atoms with Gasteiger partial charge in [-0.15, -0.1) is 0 Å². The average Bonchev–Trinajstić information content (AvgIpc) is 3.21. The lowest BCUT2D eigenvalue weighted by Gasteiger charge is -2.23. The number of aromatic nitrogens is 3. The Balaban J connectivity index is 1.47. The van der Waals surface area contributed by atoms with Crippen LogP contribution in [-0.2, 0) is 13.1 Å². The molecule has 2 aromatic heterocycles. The fourth-order valence-corrected chi connectivity index (χ4v) is 4.36. The molecule has 2 aromatic carbocycles. The molecule has 1 aliphatic heterocycles. The van der Waals surface area contributed by atoms with Crippen molar-refractivity contribution in [3.63, 3.8) is 0 Å². The minimum atomic E-state index is -0.469. The molecule has 4 aromatic rings. The molecule has 0 radical (unpaired) electrons. The summed E-state index contributed by atoms with van der Waals surface area (Å²) in [7, 11) is 0. The molecule has 3 heterocycles. The third kappa shape index (κ3) is 4.19. The van der Waals surface area contributed by atoms with Gasteiger partial charge in [0.2, 0.25) is 0 Å². The fourth-order valence-electron chi connectivity index (χ4n) is 4.36. The molecular weight excluding hydrogens is 445 g/mol. The van der Waals surface area contributed by atoms with Gasteiger partial charge in [0.15, 0.2) is 0 Å². The summed E-state index contributed by atoms with van der Waals surface area (Å²) < 4.78 is 15.5. The number of anilines is 2. The Labute approximate surface area is 202 Å². The van der Waals surface area contributed by atoms with Gasteiger partial charge in [0.05, 0.1) is 30.2 Å². The summed E-state index contributed by atoms with van der Waals surface area (Å²) >= 11 is 0. The first-order chi connectivity index (χ1) is 16.8. The highest BCUT2D eigenvalue weighted by Gasteiger charge is 2.27. The number of rotatable bonds is 3. The Bertz CT molecular complexity index is 1480. The topological polar surface area (TPSA) is 80.1 Å². The molecule has 176 valence electrons. The number of carbonyl (C=O) groups is 2. The van der Waals surface area contributed by atoms with Crippen LogP contribution < -0.4 is 10.2 Å². The van der Waals surface area contributed by atoms with Crippen molar-refractivity contribution in [3.05, 3.63) is 106 Å². The standard InChI is InChI=1S/C27H24FN5O2/c1-16-6-7-19(28)13-21(16)26(34)31-23-12-17(2)22(11-18(23)3)27(35)32-14-20-8-10-30-33(20)15-24-25(32)5-4-9-29-24/h4-13H,14-15H2,1-3H3,(H,31,34). The number of hydrogen-bond donors (Lipinski definition) is 1. The molecule has 0 bridgehead atoms. The molecule has 1 aliphatic rings. The zero-order valence-corrected chi connectivity index (χ0v) is 19.7. The predicted molar refractivity (Wildman–Crippen MR) is 131 cm³/mol. The number of benzene rings is 2. The van der Waals surface area contributed by atoms with E-state index < -0.39 is 11.7 Å². The maximum Gasteiger partial charge on any atom is 0.258 e. The molecular formula is C27H24FN5O2. The number of nitrogens with zero attached hydrogens (tertiary/aromatic N) is 4. The van der Waals surface area contributed by atoms with Crippen LogP contribution in [0, 0.1) is 26.6 Å². The Kier molecular flexibility index (Phi) is 5.64. The van der Waals surface area contributed by atoms with E-state index in [1.54, 1.807) is 42.4 Å². The van der Waals surface area contributed by atoms with Crippen molar-refractivity contribution in [1.29, 1.82) is 0 Å². The normalized spacial score (nSPS) is 12.5.